The molecule has 0 aromatic carbocycles. The molecule has 6 heteroatoms. The van der Waals surface area contributed by atoms with E-state index in [9.17, 15) is 4.79 Å². The maximum absolute atomic E-state index is 11.4. The van der Waals surface area contributed by atoms with Gasteiger partial charge in [-0.15, -0.1) is 0 Å². The molecule has 2 N–H and O–H groups in total. The minimum atomic E-state index is 0.00997. The first-order chi connectivity index (χ1) is 9.58. The molecule has 0 saturated heterocycles. The van der Waals surface area contributed by atoms with E-state index in [1.807, 2.05) is 26.0 Å². The molecular weight excluding hydrogens is 320 g/mol. The van der Waals surface area contributed by atoms with Gasteiger partial charge in [-0.1, -0.05) is 13.8 Å². The number of amides is 1. The number of nitrogens with one attached hydrogen (secondary N) is 2. The maximum Gasteiger partial charge on any atom is 0.222 e. The van der Waals surface area contributed by atoms with Gasteiger partial charge in [0.25, 0.3) is 0 Å². The summed E-state index contributed by atoms with van der Waals surface area (Å²) in [7, 11) is 0. The van der Waals surface area contributed by atoms with Crippen LogP contribution in [0.4, 0.5) is 5.69 Å². The van der Waals surface area contributed by atoms with Crippen molar-refractivity contribution in [3.8, 4) is 0 Å². The van der Waals surface area contributed by atoms with Gasteiger partial charge in [-0.2, -0.15) is 0 Å². The van der Waals surface area contributed by atoms with Crippen LogP contribution in [0, 0.1) is 5.92 Å². The number of anilines is 1. The van der Waals surface area contributed by atoms with Gasteiger partial charge >= 0.3 is 0 Å². The van der Waals surface area contributed by atoms with Gasteiger partial charge in [0, 0.05) is 35.9 Å². The summed E-state index contributed by atoms with van der Waals surface area (Å²) in [6.45, 7) is 4.98. The SMILES string of the molecule is CC(C)C(=O)NCCNc1ccnc2cc(Br)cnc12. The first-order valence-electron chi connectivity index (χ1n) is 6.50. The molecule has 0 atom stereocenters. The van der Waals surface area contributed by atoms with Crippen LogP contribution >= 0.6 is 15.9 Å². The quantitative estimate of drug-likeness (QED) is 0.823. The number of carbonyl (C=O) groups is 1. The smallest absolute Gasteiger partial charge is 0.222 e. The highest BCUT2D eigenvalue weighted by molar-refractivity contribution is 9.10. The molecule has 2 aromatic rings. The topological polar surface area (TPSA) is 66.9 Å². The van der Waals surface area contributed by atoms with Crippen LogP contribution < -0.4 is 10.6 Å². The fraction of sp³-hybridized carbons (Fsp3) is 0.357. The molecule has 0 unspecified atom stereocenters. The second-order valence-electron chi connectivity index (χ2n) is 4.75. The molecule has 2 heterocycles. The third kappa shape index (κ3) is 3.66. The number of pyridine rings is 2. The van der Waals surface area contributed by atoms with Crippen molar-refractivity contribution in [1.82, 2.24) is 15.3 Å². The molecular formula is C14H17BrN4O. The number of aromatic nitrogens is 2. The third-order valence-electron chi connectivity index (χ3n) is 2.81. The van der Waals surface area contributed by atoms with E-state index >= 15 is 0 Å². The fourth-order valence-electron chi connectivity index (χ4n) is 1.74. The summed E-state index contributed by atoms with van der Waals surface area (Å²) in [6, 6.07) is 3.81. The van der Waals surface area contributed by atoms with Gasteiger partial charge in [-0.05, 0) is 28.1 Å². The minimum Gasteiger partial charge on any atom is -0.381 e. The predicted molar refractivity (Wildman–Crippen MR) is 83.6 cm³/mol. The van der Waals surface area contributed by atoms with E-state index in [-0.39, 0.29) is 11.8 Å². The number of fused-ring (bicyclic) bond motifs is 1. The first-order valence-corrected chi connectivity index (χ1v) is 7.29. The molecule has 0 aliphatic rings. The molecule has 0 aliphatic carbocycles. The van der Waals surface area contributed by atoms with Crippen molar-refractivity contribution in [3.05, 3.63) is 29.0 Å². The van der Waals surface area contributed by atoms with Gasteiger partial charge in [0.1, 0.15) is 5.52 Å². The van der Waals surface area contributed by atoms with Crippen molar-refractivity contribution in [2.45, 2.75) is 13.8 Å². The summed E-state index contributed by atoms with van der Waals surface area (Å²) in [5.41, 5.74) is 2.57. The molecule has 106 valence electrons. The molecule has 0 saturated carbocycles. The Morgan fingerprint density at radius 3 is 2.90 bits per heavy atom. The number of nitrogens with zero attached hydrogens (tertiary/aromatic N) is 2. The molecule has 2 rings (SSSR count). The largest absolute Gasteiger partial charge is 0.381 e. The zero-order chi connectivity index (χ0) is 14.5. The van der Waals surface area contributed by atoms with Gasteiger partial charge in [0.05, 0.1) is 11.2 Å². The van der Waals surface area contributed by atoms with E-state index in [1.54, 1.807) is 12.4 Å². The molecule has 1 amide bonds. The van der Waals surface area contributed by atoms with E-state index in [0.29, 0.717) is 13.1 Å². The van der Waals surface area contributed by atoms with Crippen LogP contribution in [0.5, 0.6) is 0 Å². The molecule has 0 spiro atoms. The molecule has 0 bridgehead atoms. The molecule has 0 aliphatic heterocycles. The lowest BCUT2D eigenvalue weighted by molar-refractivity contribution is -0.123. The number of hydrogen-bond donors (Lipinski definition) is 2. The van der Waals surface area contributed by atoms with Crippen LogP contribution in [0.1, 0.15) is 13.8 Å². The van der Waals surface area contributed by atoms with E-state index in [1.165, 1.54) is 0 Å². The van der Waals surface area contributed by atoms with Crippen molar-refractivity contribution >= 4 is 38.6 Å². The van der Waals surface area contributed by atoms with Gasteiger partial charge in [-0.25, -0.2) is 0 Å². The highest BCUT2D eigenvalue weighted by Gasteiger charge is 2.06. The van der Waals surface area contributed by atoms with Crippen molar-refractivity contribution in [1.29, 1.82) is 0 Å². The predicted octanol–water partition coefficient (Wildman–Crippen LogP) is 2.58. The van der Waals surface area contributed by atoms with Crippen LogP contribution in [0.25, 0.3) is 11.0 Å². The van der Waals surface area contributed by atoms with Gasteiger partial charge in [0.15, 0.2) is 0 Å². The Morgan fingerprint density at radius 1 is 1.35 bits per heavy atom. The number of hydrogen-bond acceptors (Lipinski definition) is 4. The van der Waals surface area contributed by atoms with Crippen LogP contribution in [0.3, 0.4) is 0 Å². The lowest BCUT2D eigenvalue weighted by atomic mass is 10.2. The van der Waals surface area contributed by atoms with Gasteiger partial charge < -0.3 is 10.6 Å². The number of carbonyl (C=O) groups excluding carboxylic acids is 1. The normalized spacial score (nSPS) is 10.8. The maximum atomic E-state index is 11.4. The number of rotatable bonds is 5. The third-order valence-corrected chi connectivity index (χ3v) is 3.24. The fourth-order valence-corrected chi connectivity index (χ4v) is 2.05. The Labute approximate surface area is 126 Å². The Hall–Kier alpha value is -1.69. The van der Waals surface area contributed by atoms with Crippen molar-refractivity contribution in [2.75, 3.05) is 18.4 Å². The molecule has 20 heavy (non-hydrogen) atoms. The monoisotopic (exact) mass is 336 g/mol. The van der Waals surface area contributed by atoms with Crippen LogP contribution in [0.2, 0.25) is 0 Å². The van der Waals surface area contributed by atoms with Crippen LogP contribution in [0.15, 0.2) is 29.0 Å². The second-order valence-corrected chi connectivity index (χ2v) is 5.67. The molecule has 2 aromatic heterocycles. The minimum absolute atomic E-state index is 0.00997. The standard InChI is InChI=1S/C14H17BrN4O/c1-9(2)14(20)18-6-5-17-11-3-4-16-12-7-10(15)8-19-13(11)12/h3-4,7-9H,5-6H2,1-2H3,(H,16,17)(H,18,20). The first kappa shape index (κ1) is 14.7. The lowest BCUT2D eigenvalue weighted by Crippen LogP contribution is -2.31. The van der Waals surface area contributed by atoms with Crippen molar-refractivity contribution in [3.63, 3.8) is 0 Å². The Bertz CT molecular complexity index is 615. The lowest BCUT2D eigenvalue weighted by Gasteiger charge is -2.10. The zero-order valence-electron chi connectivity index (χ0n) is 11.5. The molecule has 0 radical (unpaired) electrons. The Morgan fingerprint density at radius 2 is 2.15 bits per heavy atom. The van der Waals surface area contributed by atoms with Crippen LogP contribution in [-0.2, 0) is 4.79 Å². The van der Waals surface area contributed by atoms with Crippen molar-refractivity contribution in [2.24, 2.45) is 5.92 Å². The highest BCUT2D eigenvalue weighted by atomic mass is 79.9. The molecule has 0 fully saturated rings. The van der Waals surface area contributed by atoms with E-state index < -0.39 is 0 Å². The van der Waals surface area contributed by atoms with E-state index in [0.717, 1.165) is 21.2 Å². The van der Waals surface area contributed by atoms with E-state index in [4.69, 9.17) is 0 Å². The highest BCUT2D eigenvalue weighted by Crippen LogP contribution is 2.21. The Balaban J connectivity index is 1.98. The summed E-state index contributed by atoms with van der Waals surface area (Å²) < 4.78 is 0.902. The van der Waals surface area contributed by atoms with Crippen molar-refractivity contribution < 1.29 is 4.79 Å². The average Bonchev–Trinajstić information content (AvgIpc) is 2.42. The van der Waals surface area contributed by atoms with E-state index in [2.05, 4.69) is 36.5 Å². The second kappa shape index (κ2) is 6.65. The zero-order valence-corrected chi connectivity index (χ0v) is 13.1. The van der Waals surface area contributed by atoms with Crippen LogP contribution in [-0.4, -0.2) is 29.0 Å². The molecule has 5 nitrogen and oxygen atoms in total. The summed E-state index contributed by atoms with van der Waals surface area (Å²) in [6.07, 6.45) is 3.49. The summed E-state index contributed by atoms with van der Waals surface area (Å²) in [4.78, 5) is 20.1. The summed E-state index contributed by atoms with van der Waals surface area (Å²) >= 11 is 3.38. The summed E-state index contributed by atoms with van der Waals surface area (Å²) in [5, 5.41) is 6.13. The Kier molecular flexibility index (Phi) is 4.89. The summed E-state index contributed by atoms with van der Waals surface area (Å²) in [5.74, 6) is 0.0733. The van der Waals surface area contributed by atoms with Gasteiger partial charge in [-0.3, -0.25) is 14.8 Å². The number of halogens is 1. The van der Waals surface area contributed by atoms with Gasteiger partial charge in [0.2, 0.25) is 5.91 Å². The average molecular weight is 337 g/mol.